The molecule has 0 aliphatic carbocycles. The number of benzene rings is 2. The summed E-state index contributed by atoms with van der Waals surface area (Å²) >= 11 is 0. The van der Waals surface area contributed by atoms with Crippen LogP contribution in [0, 0.1) is 0 Å². The molecule has 0 bridgehead atoms. The maximum absolute atomic E-state index is 9.58. The van der Waals surface area contributed by atoms with E-state index in [1.807, 2.05) is 47.0 Å². The Balaban J connectivity index is 2.14. The Morgan fingerprint density at radius 3 is 2.54 bits per heavy atom. The van der Waals surface area contributed by atoms with Crippen molar-refractivity contribution < 1.29 is 10.3 Å². The van der Waals surface area contributed by atoms with Crippen LogP contribution in [0.5, 0.6) is 5.75 Å². The zero-order valence-electron chi connectivity index (χ0n) is 12.6. The van der Waals surface area contributed by atoms with Crippen LogP contribution in [-0.4, -0.2) is 31.3 Å². The molecule has 0 unspecified atom stereocenters. The lowest BCUT2D eigenvalue weighted by Crippen LogP contribution is -1.98. The van der Waals surface area contributed by atoms with E-state index in [4.69, 9.17) is 5.21 Å². The zero-order chi connectivity index (χ0) is 16.5. The van der Waals surface area contributed by atoms with Crippen molar-refractivity contribution in [3.63, 3.8) is 0 Å². The minimum Gasteiger partial charge on any atom is -0.508 e. The molecule has 0 fully saturated rings. The molecule has 2 heterocycles. The van der Waals surface area contributed by atoms with Crippen LogP contribution >= 0.6 is 0 Å². The van der Waals surface area contributed by atoms with Gasteiger partial charge in [-0.3, -0.25) is 5.10 Å². The lowest BCUT2D eigenvalue weighted by molar-refractivity contribution is 0.322. The number of fused-ring (bicyclic) bond motifs is 1. The maximum Gasteiger partial charge on any atom is 0.115 e. The molecule has 0 saturated heterocycles. The highest BCUT2D eigenvalue weighted by molar-refractivity contribution is 6.06. The molecule has 0 aliphatic rings. The summed E-state index contributed by atoms with van der Waals surface area (Å²) in [7, 11) is 0. The fourth-order valence-corrected chi connectivity index (χ4v) is 2.98. The van der Waals surface area contributed by atoms with Crippen LogP contribution in [-0.2, 0) is 0 Å². The number of H-pyrrole nitrogens is 1. The first-order valence-corrected chi connectivity index (χ1v) is 7.39. The number of hydrogen-bond donors (Lipinski definition) is 3. The van der Waals surface area contributed by atoms with Gasteiger partial charge in [0.05, 0.1) is 23.1 Å². The van der Waals surface area contributed by atoms with E-state index in [2.05, 4.69) is 15.4 Å². The van der Waals surface area contributed by atoms with Crippen molar-refractivity contribution in [3.8, 4) is 22.8 Å². The summed E-state index contributed by atoms with van der Waals surface area (Å²) in [5.41, 5.74) is 4.26. The van der Waals surface area contributed by atoms with Gasteiger partial charge in [0.15, 0.2) is 0 Å². The number of hydrogen-bond acceptors (Lipinski definition) is 4. The number of phenolic OH excluding ortho intramolecular Hbond substituents is 1. The van der Waals surface area contributed by atoms with E-state index in [0.29, 0.717) is 0 Å². The summed E-state index contributed by atoms with van der Waals surface area (Å²) in [6.07, 6.45) is 3.10. The molecule has 118 valence electrons. The average molecular weight is 318 g/mol. The fraction of sp³-hybridized carbons (Fsp3) is 0. The first-order chi connectivity index (χ1) is 11.8. The van der Waals surface area contributed by atoms with Crippen LogP contribution in [0.4, 0.5) is 0 Å². The van der Waals surface area contributed by atoms with Gasteiger partial charge in [-0.2, -0.15) is 5.10 Å². The van der Waals surface area contributed by atoms with Crippen molar-refractivity contribution in [1.82, 2.24) is 14.8 Å². The van der Waals surface area contributed by atoms with Crippen LogP contribution in [0.15, 0.2) is 65.9 Å². The number of rotatable bonds is 3. The highest BCUT2D eigenvalue weighted by Crippen LogP contribution is 2.35. The van der Waals surface area contributed by atoms with Gasteiger partial charge in [0.25, 0.3) is 0 Å². The molecular formula is C18H14N4O2. The first kappa shape index (κ1) is 14.1. The molecule has 2 aromatic heterocycles. The molecule has 0 spiro atoms. The van der Waals surface area contributed by atoms with Gasteiger partial charge in [-0.1, -0.05) is 23.4 Å². The van der Waals surface area contributed by atoms with Crippen molar-refractivity contribution in [3.05, 3.63) is 66.4 Å². The van der Waals surface area contributed by atoms with E-state index < -0.39 is 0 Å². The molecule has 6 nitrogen and oxygen atoms in total. The summed E-state index contributed by atoms with van der Waals surface area (Å²) in [5.74, 6) is 0.204. The number of aromatic amines is 1. The van der Waals surface area contributed by atoms with Crippen molar-refractivity contribution in [1.29, 1.82) is 0 Å². The standard InChI is InChI=1S/C18H14N4O2/c23-13-7-5-12(6-8-13)22-17-4-2-1-3-14(17)15(11-20-24)18(22)16-9-10-19-21-16/h1-11,23-24H,(H,19,21). The lowest BCUT2D eigenvalue weighted by atomic mass is 10.1. The topological polar surface area (TPSA) is 86.4 Å². The molecule has 6 heteroatoms. The van der Waals surface area contributed by atoms with E-state index >= 15 is 0 Å². The Hall–Kier alpha value is -3.54. The average Bonchev–Trinajstić information content (AvgIpc) is 3.23. The van der Waals surface area contributed by atoms with E-state index in [0.717, 1.165) is 33.5 Å². The van der Waals surface area contributed by atoms with Crippen LogP contribution in [0.3, 0.4) is 0 Å². The molecule has 0 saturated carbocycles. The lowest BCUT2D eigenvalue weighted by Gasteiger charge is -2.10. The highest BCUT2D eigenvalue weighted by Gasteiger charge is 2.19. The minimum absolute atomic E-state index is 0.204. The van der Waals surface area contributed by atoms with E-state index in [1.54, 1.807) is 18.3 Å². The molecule has 4 rings (SSSR count). The number of nitrogens with one attached hydrogen (secondary N) is 1. The Morgan fingerprint density at radius 2 is 1.83 bits per heavy atom. The van der Waals surface area contributed by atoms with Crippen molar-refractivity contribution >= 4 is 17.1 Å². The van der Waals surface area contributed by atoms with Gasteiger partial charge in [-0.25, -0.2) is 0 Å². The number of aromatic hydroxyl groups is 1. The summed E-state index contributed by atoms with van der Waals surface area (Å²) in [6, 6.07) is 16.7. The van der Waals surface area contributed by atoms with Crippen LogP contribution in [0.2, 0.25) is 0 Å². The van der Waals surface area contributed by atoms with Crippen molar-refractivity contribution in [2.45, 2.75) is 0 Å². The predicted molar refractivity (Wildman–Crippen MR) is 91.9 cm³/mol. The molecule has 0 radical (unpaired) electrons. The van der Waals surface area contributed by atoms with E-state index in [-0.39, 0.29) is 5.75 Å². The van der Waals surface area contributed by atoms with E-state index in [9.17, 15) is 5.11 Å². The SMILES string of the molecule is ON=Cc1c(-c2ccn[nH]2)n(-c2ccc(O)cc2)c2ccccc12. The molecule has 2 aromatic carbocycles. The molecule has 0 amide bonds. The number of para-hydroxylation sites is 1. The Morgan fingerprint density at radius 1 is 1.04 bits per heavy atom. The summed E-state index contributed by atoms with van der Waals surface area (Å²) in [6.45, 7) is 0. The largest absolute Gasteiger partial charge is 0.508 e. The Kier molecular flexibility index (Phi) is 3.28. The number of oxime groups is 1. The Labute approximate surface area is 137 Å². The van der Waals surface area contributed by atoms with Gasteiger partial charge in [-0.05, 0) is 36.4 Å². The normalized spacial score (nSPS) is 11.5. The van der Waals surface area contributed by atoms with Crippen LogP contribution in [0.25, 0.3) is 28.0 Å². The van der Waals surface area contributed by atoms with Gasteiger partial charge in [0.1, 0.15) is 5.75 Å². The number of phenols is 1. The number of nitrogens with zero attached hydrogens (tertiary/aromatic N) is 3. The smallest absolute Gasteiger partial charge is 0.115 e. The third-order valence-corrected chi connectivity index (χ3v) is 3.96. The summed E-state index contributed by atoms with van der Waals surface area (Å²) in [5, 5.41) is 29.9. The molecule has 0 atom stereocenters. The van der Waals surface area contributed by atoms with Gasteiger partial charge in [0.2, 0.25) is 0 Å². The highest BCUT2D eigenvalue weighted by atomic mass is 16.4. The fourth-order valence-electron chi connectivity index (χ4n) is 2.98. The number of aromatic nitrogens is 3. The molecule has 24 heavy (non-hydrogen) atoms. The quantitative estimate of drug-likeness (QED) is 0.307. The van der Waals surface area contributed by atoms with E-state index in [1.165, 1.54) is 6.21 Å². The molecular weight excluding hydrogens is 304 g/mol. The first-order valence-electron chi connectivity index (χ1n) is 7.39. The maximum atomic E-state index is 9.58. The molecule has 0 aliphatic heterocycles. The Bertz CT molecular complexity index is 1020. The van der Waals surface area contributed by atoms with Gasteiger partial charge in [-0.15, -0.1) is 0 Å². The second kappa shape index (κ2) is 5.58. The zero-order valence-corrected chi connectivity index (χ0v) is 12.6. The third kappa shape index (κ3) is 2.13. The summed E-state index contributed by atoms with van der Waals surface area (Å²) in [4.78, 5) is 0. The monoisotopic (exact) mass is 318 g/mol. The van der Waals surface area contributed by atoms with Crippen LogP contribution < -0.4 is 0 Å². The third-order valence-electron chi connectivity index (χ3n) is 3.96. The molecule has 3 N–H and O–H groups in total. The second-order valence-electron chi connectivity index (χ2n) is 5.35. The summed E-state index contributed by atoms with van der Waals surface area (Å²) < 4.78 is 2.04. The molecule has 4 aromatic rings. The van der Waals surface area contributed by atoms with Crippen molar-refractivity contribution in [2.24, 2.45) is 5.16 Å². The minimum atomic E-state index is 0.204. The van der Waals surface area contributed by atoms with Gasteiger partial charge in [0, 0.05) is 22.8 Å². The van der Waals surface area contributed by atoms with Crippen LogP contribution in [0.1, 0.15) is 5.56 Å². The predicted octanol–water partition coefficient (Wildman–Crippen LogP) is 3.53. The van der Waals surface area contributed by atoms with Gasteiger partial charge < -0.3 is 14.9 Å². The van der Waals surface area contributed by atoms with Crippen molar-refractivity contribution in [2.75, 3.05) is 0 Å². The second-order valence-corrected chi connectivity index (χ2v) is 5.35. The van der Waals surface area contributed by atoms with Gasteiger partial charge >= 0.3 is 0 Å².